The Bertz CT molecular complexity index is 791. The van der Waals surface area contributed by atoms with Crippen LogP contribution >= 0.6 is 11.6 Å². The molecule has 2 aromatic rings. The summed E-state index contributed by atoms with van der Waals surface area (Å²) in [7, 11) is -3.96. The largest absolute Gasteiger partial charge is 0.276 e. The Labute approximate surface area is 133 Å². The van der Waals surface area contributed by atoms with Crippen LogP contribution < -0.4 is 4.72 Å². The number of anilines is 1. The first-order valence-corrected chi connectivity index (χ1v) is 8.50. The van der Waals surface area contributed by atoms with Crippen molar-refractivity contribution in [3.8, 4) is 0 Å². The number of sulfonamides is 1. The smallest absolute Gasteiger partial charge is 0.263 e. The van der Waals surface area contributed by atoms with E-state index in [1.807, 2.05) is 13.8 Å². The van der Waals surface area contributed by atoms with Crippen LogP contribution in [-0.4, -0.2) is 23.2 Å². The number of rotatable bonds is 5. The lowest BCUT2D eigenvalue weighted by Gasteiger charge is -2.12. The lowest BCUT2D eigenvalue weighted by molar-refractivity contribution is 0.468. The molecule has 0 aliphatic rings. The first-order valence-electron chi connectivity index (χ1n) is 6.64. The van der Waals surface area contributed by atoms with Gasteiger partial charge in [0.1, 0.15) is 4.90 Å². The van der Waals surface area contributed by atoms with Gasteiger partial charge in [0.2, 0.25) is 0 Å². The summed E-state index contributed by atoms with van der Waals surface area (Å²) < 4.78 is 42.0. The van der Waals surface area contributed by atoms with Crippen molar-refractivity contribution in [1.82, 2.24) is 14.8 Å². The van der Waals surface area contributed by atoms with Gasteiger partial charge in [-0.1, -0.05) is 18.5 Å². The fourth-order valence-corrected chi connectivity index (χ4v) is 3.06. The van der Waals surface area contributed by atoms with E-state index in [1.165, 1.54) is 6.20 Å². The first kappa shape index (κ1) is 16.7. The minimum atomic E-state index is -3.96. The molecule has 0 amide bonds. The topological polar surface area (TPSA) is 76.9 Å². The van der Waals surface area contributed by atoms with Crippen molar-refractivity contribution in [1.29, 1.82) is 0 Å². The van der Waals surface area contributed by atoms with Crippen molar-refractivity contribution in [2.45, 2.75) is 38.1 Å². The van der Waals surface area contributed by atoms with Crippen LogP contribution in [-0.2, 0) is 10.0 Å². The van der Waals surface area contributed by atoms with Crippen LogP contribution in [0.2, 0.25) is 5.15 Å². The number of nitrogens with one attached hydrogen (secondary N) is 1. The molecule has 0 bridgehead atoms. The average molecular weight is 347 g/mol. The highest BCUT2D eigenvalue weighted by Gasteiger charge is 2.20. The molecule has 0 spiro atoms. The predicted octanol–water partition coefficient (Wildman–Crippen LogP) is 3.15. The Hall–Kier alpha value is -1.67. The van der Waals surface area contributed by atoms with Crippen molar-refractivity contribution in [2.75, 3.05) is 4.72 Å². The SMILES string of the molecule is CCC(C)n1ncc(NS(=O)(=O)c2cnc(Cl)c(F)c2)c1C. The van der Waals surface area contributed by atoms with Crippen molar-refractivity contribution in [2.24, 2.45) is 0 Å². The zero-order chi connectivity index (χ0) is 16.5. The number of hydrogen-bond acceptors (Lipinski definition) is 4. The number of nitrogens with zero attached hydrogens (tertiary/aromatic N) is 3. The minimum absolute atomic E-state index is 0.146. The Kier molecular flexibility index (Phi) is 4.72. The minimum Gasteiger partial charge on any atom is -0.276 e. The molecule has 0 aromatic carbocycles. The van der Waals surface area contributed by atoms with E-state index in [1.54, 1.807) is 11.6 Å². The highest BCUT2D eigenvalue weighted by atomic mass is 35.5. The van der Waals surface area contributed by atoms with Gasteiger partial charge in [0, 0.05) is 12.2 Å². The summed E-state index contributed by atoms with van der Waals surface area (Å²) in [4.78, 5) is 3.21. The molecular weight excluding hydrogens is 331 g/mol. The standard InChI is InChI=1S/C13H16ClFN4O2S/c1-4-8(2)19-9(3)12(7-17-19)18-22(20,21)10-5-11(15)13(14)16-6-10/h5-8,18H,4H2,1-3H3. The molecule has 1 atom stereocenters. The number of hydrogen-bond donors (Lipinski definition) is 1. The van der Waals surface area contributed by atoms with E-state index in [4.69, 9.17) is 11.6 Å². The van der Waals surface area contributed by atoms with Crippen LogP contribution in [0, 0.1) is 12.7 Å². The molecule has 9 heteroatoms. The third-order valence-electron chi connectivity index (χ3n) is 3.38. The quantitative estimate of drug-likeness (QED) is 0.844. The van der Waals surface area contributed by atoms with E-state index in [2.05, 4.69) is 14.8 Å². The van der Waals surface area contributed by atoms with Gasteiger partial charge in [-0.2, -0.15) is 5.10 Å². The van der Waals surface area contributed by atoms with Gasteiger partial charge in [0.25, 0.3) is 10.0 Å². The van der Waals surface area contributed by atoms with Crippen LogP contribution in [0.25, 0.3) is 0 Å². The lowest BCUT2D eigenvalue weighted by atomic mass is 10.2. The summed E-state index contributed by atoms with van der Waals surface area (Å²) in [5, 5.41) is 3.80. The van der Waals surface area contributed by atoms with Crippen molar-refractivity contribution in [3.05, 3.63) is 35.1 Å². The summed E-state index contributed by atoms with van der Waals surface area (Å²) in [5.41, 5.74) is 1.02. The van der Waals surface area contributed by atoms with E-state index in [0.29, 0.717) is 11.4 Å². The molecule has 2 rings (SSSR count). The molecule has 0 saturated heterocycles. The van der Waals surface area contributed by atoms with Crippen LogP contribution in [0.4, 0.5) is 10.1 Å². The summed E-state index contributed by atoms with van der Waals surface area (Å²) in [5.74, 6) is -0.892. The third-order valence-corrected chi connectivity index (χ3v) is 4.99. The number of aromatic nitrogens is 3. The van der Waals surface area contributed by atoms with Gasteiger partial charge < -0.3 is 0 Å². The first-order chi connectivity index (χ1) is 10.3. The van der Waals surface area contributed by atoms with Crippen molar-refractivity contribution >= 4 is 27.3 Å². The van der Waals surface area contributed by atoms with Gasteiger partial charge in [-0.3, -0.25) is 9.40 Å². The second-order valence-electron chi connectivity index (χ2n) is 4.89. The molecule has 0 saturated carbocycles. The maximum atomic E-state index is 13.4. The number of halogens is 2. The fourth-order valence-electron chi connectivity index (χ4n) is 1.90. The van der Waals surface area contributed by atoms with E-state index in [0.717, 1.165) is 18.7 Å². The second-order valence-corrected chi connectivity index (χ2v) is 6.94. The zero-order valence-corrected chi connectivity index (χ0v) is 13.9. The van der Waals surface area contributed by atoms with Crippen molar-refractivity contribution in [3.63, 3.8) is 0 Å². The van der Waals surface area contributed by atoms with Crippen LogP contribution in [0.3, 0.4) is 0 Å². The van der Waals surface area contributed by atoms with E-state index < -0.39 is 15.8 Å². The van der Waals surface area contributed by atoms with E-state index in [9.17, 15) is 12.8 Å². The molecule has 6 nitrogen and oxygen atoms in total. The Morgan fingerprint density at radius 1 is 1.45 bits per heavy atom. The van der Waals surface area contributed by atoms with Crippen molar-refractivity contribution < 1.29 is 12.8 Å². The summed E-state index contributed by atoms with van der Waals surface area (Å²) >= 11 is 5.46. The lowest BCUT2D eigenvalue weighted by Crippen LogP contribution is -2.15. The van der Waals surface area contributed by atoms with Crippen LogP contribution in [0.15, 0.2) is 23.4 Å². The van der Waals surface area contributed by atoms with Gasteiger partial charge in [-0.15, -0.1) is 0 Å². The zero-order valence-electron chi connectivity index (χ0n) is 12.3. The third kappa shape index (κ3) is 3.22. The summed E-state index contributed by atoms with van der Waals surface area (Å²) in [6.45, 7) is 5.76. The summed E-state index contributed by atoms with van der Waals surface area (Å²) in [6, 6.07) is 0.972. The van der Waals surface area contributed by atoms with Crippen LogP contribution in [0.1, 0.15) is 32.0 Å². The molecular formula is C13H16ClFN4O2S. The molecule has 120 valence electrons. The van der Waals surface area contributed by atoms with E-state index >= 15 is 0 Å². The fraction of sp³-hybridized carbons (Fsp3) is 0.385. The van der Waals surface area contributed by atoms with Gasteiger partial charge in [0.15, 0.2) is 11.0 Å². The molecule has 1 unspecified atom stereocenters. The van der Waals surface area contributed by atoms with Gasteiger partial charge in [-0.05, 0) is 26.3 Å². The summed E-state index contributed by atoms with van der Waals surface area (Å²) in [6.07, 6.45) is 3.29. The Balaban J connectivity index is 2.33. The molecule has 0 aliphatic heterocycles. The highest BCUT2D eigenvalue weighted by Crippen LogP contribution is 2.23. The molecule has 0 radical (unpaired) electrons. The molecule has 2 heterocycles. The average Bonchev–Trinajstić information content (AvgIpc) is 2.81. The normalized spacial score (nSPS) is 13.1. The molecule has 2 aromatic heterocycles. The molecule has 1 N–H and O–H groups in total. The Morgan fingerprint density at radius 3 is 2.73 bits per heavy atom. The van der Waals surface area contributed by atoms with E-state index in [-0.39, 0.29) is 16.1 Å². The molecule has 0 fully saturated rings. The van der Waals surface area contributed by atoms with Gasteiger partial charge in [0.05, 0.1) is 17.6 Å². The maximum absolute atomic E-state index is 13.4. The molecule has 22 heavy (non-hydrogen) atoms. The maximum Gasteiger partial charge on any atom is 0.263 e. The predicted molar refractivity (Wildman–Crippen MR) is 82.0 cm³/mol. The van der Waals surface area contributed by atoms with Crippen LogP contribution in [0.5, 0.6) is 0 Å². The number of pyridine rings is 1. The van der Waals surface area contributed by atoms with Gasteiger partial charge in [-0.25, -0.2) is 17.8 Å². The Morgan fingerprint density at radius 2 is 2.14 bits per heavy atom. The van der Waals surface area contributed by atoms with Gasteiger partial charge >= 0.3 is 0 Å². The highest BCUT2D eigenvalue weighted by molar-refractivity contribution is 7.92. The monoisotopic (exact) mass is 346 g/mol. The second kappa shape index (κ2) is 6.21. The molecule has 0 aliphatic carbocycles.